The van der Waals surface area contributed by atoms with Crippen molar-refractivity contribution in [2.45, 2.75) is 25.3 Å². The maximum absolute atomic E-state index is 5.79. The van der Waals surface area contributed by atoms with Crippen LogP contribution in [-0.2, 0) is 4.74 Å². The van der Waals surface area contributed by atoms with Gasteiger partial charge < -0.3 is 10.5 Å². The van der Waals surface area contributed by atoms with Crippen molar-refractivity contribution >= 4 is 0 Å². The van der Waals surface area contributed by atoms with Crippen molar-refractivity contribution in [1.29, 1.82) is 0 Å². The first kappa shape index (κ1) is 8.34. The van der Waals surface area contributed by atoms with Crippen LogP contribution in [0.4, 0.5) is 0 Å². The molecule has 0 saturated carbocycles. The molecule has 0 spiro atoms. The first-order valence-electron chi connectivity index (χ1n) is 4.04. The van der Waals surface area contributed by atoms with Gasteiger partial charge in [-0.2, -0.15) is 0 Å². The molecule has 11 heavy (non-hydrogen) atoms. The Labute approximate surface area is 67.7 Å². The van der Waals surface area contributed by atoms with E-state index in [1.165, 1.54) is 0 Å². The highest BCUT2D eigenvalue weighted by Crippen LogP contribution is 2.14. The largest absolute Gasteiger partial charge is 0.497 e. The van der Waals surface area contributed by atoms with Gasteiger partial charge in [-0.3, -0.25) is 0 Å². The number of allylic oxidation sites excluding steroid dienone is 1. The number of hydrogen-bond acceptors (Lipinski definition) is 2. The van der Waals surface area contributed by atoms with Crippen molar-refractivity contribution < 1.29 is 4.74 Å². The smallest absolute Gasteiger partial charge is 0.109 e. The van der Waals surface area contributed by atoms with E-state index in [4.69, 9.17) is 10.5 Å². The Morgan fingerprint density at radius 3 is 3.18 bits per heavy atom. The monoisotopic (exact) mass is 153 g/mol. The fraction of sp³-hybridized carbons (Fsp3) is 0.556. The Morgan fingerprint density at radius 2 is 2.64 bits per heavy atom. The number of rotatable bonds is 3. The molecule has 0 aromatic carbocycles. The Kier molecular flexibility index (Phi) is 3.17. The van der Waals surface area contributed by atoms with Crippen LogP contribution >= 0.6 is 0 Å². The maximum Gasteiger partial charge on any atom is 0.109 e. The van der Waals surface area contributed by atoms with Gasteiger partial charge in [0.2, 0.25) is 0 Å². The molecule has 1 aliphatic rings. The molecule has 1 aliphatic heterocycles. The minimum Gasteiger partial charge on any atom is -0.497 e. The van der Waals surface area contributed by atoms with Crippen LogP contribution in [0.1, 0.15) is 19.3 Å². The number of nitrogens with two attached hydrogens (primary N) is 1. The molecule has 0 radical (unpaired) electrons. The van der Waals surface area contributed by atoms with Crippen molar-refractivity contribution in [2.24, 2.45) is 5.73 Å². The van der Waals surface area contributed by atoms with Gasteiger partial charge in [-0.05, 0) is 25.3 Å². The minimum absolute atomic E-state index is 0.0211. The average Bonchev–Trinajstić information content (AvgIpc) is 2.07. The number of ether oxygens (including phenoxy) is 1. The predicted octanol–water partition coefficient (Wildman–Crippen LogP) is 1.58. The molecule has 0 amide bonds. The molecule has 0 bridgehead atoms. The highest BCUT2D eigenvalue weighted by molar-refractivity contribution is 5.05. The van der Waals surface area contributed by atoms with Gasteiger partial charge in [0.05, 0.1) is 12.6 Å². The fourth-order valence-electron chi connectivity index (χ4n) is 1.13. The summed E-state index contributed by atoms with van der Waals surface area (Å²) in [5.41, 5.74) is 5.79. The second-order valence-electron chi connectivity index (χ2n) is 2.73. The van der Waals surface area contributed by atoms with Crippen LogP contribution in [0, 0.1) is 0 Å². The molecule has 2 N–H and O–H groups in total. The summed E-state index contributed by atoms with van der Waals surface area (Å²) in [5.74, 6) is 0.941. The van der Waals surface area contributed by atoms with Crippen LogP contribution in [0.25, 0.3) is 0 Å². The van der Waals surface area contributed by atoms with E-state index >= 15 is 0 Å². The molecule has 0 aliphatic carbocycles. The van der Waals surface area contributed by atoms with Gasteiger partial charge in [-0.25, -0.2) is 0 Å². The van der Waals surface area contributed by atoms with Gasteiger partial charge in [0.25, 0.3) is 0 Å². The predicted molar refractivity (Wildman–Crippen MR) is 46.1 cm³/mol. The Hall–Kier alpha value is -0.760. The molecule has 1 rings (SSSR count). The van der Waals surface area contributed by atoms with E-state index in [0.717, 1.165) is 31.6 Å². The first-order valence-corrected chi connectivity index (χ1v) is 4.04. The lowest BCUT2D eigenvalue weighted by molar-refractivity contribution is 0.176. The molecule has 0 saturated heterocycles. The molecular weight excluding hydrogens is 138 g/mol. The third kappa shape index (κ3) is 2.39. The van der Waals surface area contributed by atoms with Crippen LogP contribution in [0.2, 0.25) is 0 Å². The normalized spacial score (nSPS) is 19.9. The summed E-state index contributed by atoms with van der Waals surface area (Å²) in [5, 5.41) is 0. The lowest BCUT2D eigenvalue weighted by Gasteiger charge is -2.19. The third-order valence-electron chi connectivity index (χ3n) is 1.75. The molecule has 2 nitrogen and oxygen atoms in total. The summed E-state index contributed by atoms with van der Waals surface area (Å²) in [6, 6.07) is 0.0211. The van der Waals surface area contributed by atoms with Crippen molar-refractivity contribution in [2.75, 3.05) is 6.61 Å². The highest BCUT2D eigenvalue weighted by Gasteiger charge is 2.11. The van der Waals surface area contributed by atoms with Crippen molar-refractivity contribution in [3.8, 4) is 0 Å². The summed E-state index contributed by atoms with van der Waals surface area (Å²) < 4.78 is 5.38. The molecule has 0 aromatic heterocycles. The van der Waals surface area contributed by atoms with Gasteiger partial charge in [-0.1, -0.05) is 6.08 Å². The highest BCUT2D eigenvalue weighted by atomic mass is 16.5. The van der Waals surface area contributed by atoms with Gasteiger partial charge in [0.15, 0.2) is 0 Å². The standard InChI is InChI=1S/C9H15NO/c1-2-5-8(10)9-6-3-4-7-11-9/h2,6,8H,1,3-5,7,10H2. The lowest BCUT2D eigenvalue weighted by Crippen LogP contribution is -2.25. The zero-order valence-corrected chi connectivity index (χ0v) is 6.75. The van der Waals surface area contributed by atoms with Crippen LogP contribution in [0.3, 0.4) is 0 Å². The third-order valence-corrected chi connectivity index (χ3v) is 1.75. The molecule has 1 heterocycles. The minimum atomic E-state index is 0.0211. The quantitative estimate of drug-likeness (QED) is 0.625. The summed E-state index contributed by atoms with van der Waals surface area (Å²) in [6.45, 7) is 4.45. The van der Waals surface area contributed by atoms with E-state index in [1.807, 2.05) is 6.08 Å². The number of hydrogen-bond donors (Lipinski definition) is 1. The van der Waals surface area contributed by atoms with Gasteiger partial charge in [-0.15, -0.1) is 6.58 Å². The summed E-state index contributed by atoms with van der Waals surface area (Å²) >= 11 is 0. The van der Waals surface area contributed by atoms with Crippen molar-refractivity contribution in [1.82, 2.24) is 0 Å². The Balaban J connectivity index is 2.43. The molecule has 2 heteroatoms. The topological polar surface area (TPSA) is 35.2 Å². The molecule has 1 atom stereocenters. The van der Waals surface area contributed by atoms with Crippen molar-refractivity contribution in [3.05, 3.63) is 24.5 Å². The average molecular weight is 153 g/mol. The zero-order chi connectivity index (χ0) is 8.10. The maximum atomic E-state index is 5.79. The zero-order valence-electron chi connectivity index (χ0n) is 6.75. The summed E-state index contributed by atoms with van der Waals surface area (Å²) in [6.07, 6.45) is 6.91. The van der Waals surface area contributed by atoms with Crippen molar-refractivity contribution in [3.63, 3.8) is 0 Å². The SMILES string of the molecule is C=CCC(N)C1=CCCCO1. The second-order valence-corrected chi connectivity index (χ2v) is 2.73. The van der Waals surface area contributed by atoms with Gasteiger partial charge in [0, 0.05) is 0 Å². The van der Waals surface area contributed by atoms with E-state index < -0.39 is 0 Å². The molecule has 0 aromatic rings. The van der Waals surface area contributed by atoms with E-state index in [-0.39, 0.29) is 6.04 Å². The fourth-order valence-corrected chi connectivity index (χ4v) is 1.13. The van der Waals surface area contributed by atoms with E-state index in [1.54, 1.807) is 0 Å². The van der Waals surface area contributed by atoms with Crippen LogP contribution in [0.15, 0.2) is 24.5 Å². The lowest BCUT2D eigenvalue weighted by atomic mass is 10.1. The Bertz CT molecular complexity index is 163. The van der Waals surface area contributed by atoms with E-state index in [2.05, 4.69) is 12.7 Å². The molecular formula is C9H15NO. The summed E-state index contributed by atoms with van der Waals surface area (Å²) in [7, 11) is 0. The van der Waals surface area contributed by atoms with E-state index in [0.29, 0.717) is 0 Å². The van der Waals surface area contributed by atoms with Gasteiger partial charge >= 0.3 is 0 Å². The molecule has 0 fully saturated rings. The summed E-state index contributed by atoms with van der Waals surface area (Å²) in [4.78, 5) is 0. The van der Waals surface area contributed by atoms with E-state index in [9.17, 15) is 0 Å². The first-order chi connectivity index (χ1) is 5.34. The molecule has 62 valence electrons. The molecule has 1 unspecified atom stereocenters. The van der Waals surface area contributed by atoms with Gasteiger partial charge in [0.1, 0.15) is 5.76 Å². The van der Waals surface area contributed by atoms with Crippen LogP contribution in [-0.4, -0.2) is 12.6 Å². The van der Waals surface area contributed by atoms with Crippen LogP contribution < -0.4 is 5.73 Å². The van der Waals surface area contributed by atoms with Crippen LogP contribution in [0.5, 0.6) is 0 Å². The Morgan fingerprint density at radius 1 is 1.82 bits per heavy atom. The second kappa shape index (κ2) is 4.19.